The topological polar surface area (TPSA) is 35.9 Å². The zero-order valence-corrected chi connectivity index (χ0v) is 14.8. The van der Waals surface area contributed by atoms with E-state index in [9.17, 15) is 0 Å². The van der Waals surface area contributed by atoms with Crippen molar-refractivity contribution in [2.75, 3.05) is 32.8 Å². The lowest BCUT2D eigenvalue weighted by molar-refractivity contribution is -0.908. The van der Waals surface area contributed by atoms with Crippen LogP contribution in [-0.4, -0.2) is 46.8 Å². The normalized spacial score (nSPS) is 16.2. The number of nitrogens with zero attached hydrogens (tertiary/aromatic N) is 3. The number of para-hydroxylation sites is 2. The van der Waals surface area contributed by atoms with Crippen LogP contribution in [0.5, 0.6) is 0 Å². The van der Waals surface area contributed by atoms with E-state index in [0.29, 0.717) is 0 Å². The second kappa shape index (κ2) is 6.29. The number of benzene rings is 1. The van der Waals surface area contributed by atoms with Gasteiger partial charge in [-0.15, -0.1) is 11.3 Å². The smallest absolute Gasteiger partial charge is 0.215 e. The fourth-order valence-corrected chi connectivity index (χ4v) is 4.37. The molecule has 0 saturated carbocycles. The minimum Gasteiger partial charge on any atom is -0.370 e. The third kappa shape index (κ3) is 2.66. The molecule has 1 N–H and O–H groups in total. The minimum atomic E-state index is 0.878. The highest BCUT2D eigenvalue weighted by Gasteiger charge is 2.18. The number of fused-ring (bicyclic) bond motifs is 3. The van der Waals surface area contributed by atoms with Gasteiger partial charge in [0.25, 0.3) is 0 Å². The van der Waals surface area contributed by atoms with Crippen molar-refractivity contribution in [1.82, 2.24) is 14.0 Å². The Balaban J connectivity index is 1.56. The van der Waals surface area contributed by atoms with E-state index in [0.717, 1.165) is 50.9 Å². The van der Waals surface area contributed by atoms with E-state index >= 15 is 0 Å². The number of morpholine rings is 1. The number of hydrogen-bond acceptors (Lipinski definition) is 3. The molecule has 1 aromatic carbocycles. The molecule has 25 heavy (non-hydrogen) atoms. The molecule has 1 saturated heterocycles. The molecule has 0 spiro atoms. The fraction of sp³-hybridized carbons (Fsp3) is 0.316. The number of imidazole rings is 2. The average Bonchev–Trinajstić information content (AvgIpc) is 3.37. The van der Waals surface area contributed by atoms with Crippen molar-refractivity contribution < 1.29 is 9.64 Å². The van der Waals surface area contributed by atoms with Crippen molar-refractivity contribution in [1.29, 1.82) is 0 Å². The second-order valence-corrected chi connectivity index (χ2v) is 7.47. The van der Waals surface area contributed by atoms with Crippen molar-refractivity contribution in [2.45, 2.75) is 6.54 Å². The van der Waals surface area contributed by atoms with Gasteiger partial charge in [0.05, 0.1) is 42.2 Å². The first-order valence-electron chi connectivity index (χ1n) is 8.82. The van der Waals surface area contributed by atoms with Crippen LogP contribution < -0.4 is 4.90 Å². The van der Waals surface area contributed by atoms with Gasteiger partial charge in [-0.05, 0) is 23.6 Å². The maximum absolute atomic E-state index is 5.48. The van der Waals surface area contributed by atoms with Crippen LogP contribution in [0.2, 0.25) is 0 Å². The number of nitrogens with one attached hydrogen (secondary N) is 1. The summed E-state index contributed by atoms with van der Waals surface area (Å²) < 4.78 is 10.1. The second-order valence-electron chi connectivity index (χ2n) is 6.53. The van der Waals surface area contributed by atoms with Gasteiger partial charge in [-0.1, -0.05) is 18.2 Å². The first-order chi connectivity index (χ1) is 12.4. The highest BCUT2D eigenvalue weighted by molar-refractivity contribution is 7.13. The van der Waals surface area contributed by atoms with Crippen LogP contribution >= 0.6 is 11.3 Å². The Morgan fingerprint density at radius 3 is 2.72 bits per heavy atom. The van der Waals surface area contributed by atoms with Gasteiger partial charge in [-0.3, -0.25) is 4.40 Å². The number of aromatic nitrogens is 3. The van der Waals surface area contributed by atoms with Gasteiger partial charge in [-0.25, -0.2) is 4.98 Å². The van der Waals surface area contributed by atoms with Gasteiger partial charge in [0, 0.05) is 6.20 Å². The number of hydrogen-bond donors (Lipinski definition) is 1. The van der Waals surface area contributed by atoms with Crippen molar-refractivity contribution in [2.24, 2.45) is 0 Å². The highest BCUT2D eigenvalue weighted by atomic mass is 32.1. The molecule has 5 nitrogen and oxygen atoms in total. The highest BCUT2D eigenvalue weighted by Crippen LogP contribution is 2.27. The predicted molar refractivity (Wildman–Crippen MR) is 100 cm³/mol. The van der Waals surface area contributed by atoms with Crippen molar-refractivity contribution in [3.8, 4) is 10.6 Å². The van der Waals surface area contributed by atoms with E-state index in [1.165, 1.54) is 15.9 Å². The van der Waals surface area contributed by atoms with Crippen LogP contribution in [0.25, 0.3) is 27.4 Å². The quantitative estimate of drug-likeness (QED) is 0.609. The summed E-state index contributed by atoms with van der Waals surface area (Å²) in [6.45, 7) is 6.05. The summed E-state index contributed by atoms with van der Waals surface area (Å²) in [4.78, 5) is 7.80. The van der Waals surface area contributed by atoms with E-state index in [1.54, 1.807) is 16.2 Å². The Hall–Kier alpha value is -2.15. The zero-order valence-electron chi connectivity index (χ0n) is 14.0. The number of quaternary nitrogens is 1. The van der Waals surface area contributed by atoms with Crippen LogP contribution in [0.4, 0.5) is 0 Å². The summed E-state index contributed by atoms with van der Waals surface area (Å²) in [5, 5.41) is 2.10. The maximum atomic E-state index is 5.48. The Labute approximate surface area is 150 Å². The Morgan fingerprint density at radius 1 is 1.08 bits per heavy atom. The van der Waals surface area contributed by atoms with E-state index in [1.807, 2.05) is 0 Å². The van der Waals surface area contributed by atoms with Crippen LogP contribution in [0.1, 0.15) is 0 Å². The Morgan fingerprint density at radius 2 is 1.92 bits per heavy atom. The molecule has 0 amide bonds. The van der Waals surface area contributed by atoms with Crippen LogP contribution in [-0.2, 0) is 11.3 Å². The predicted octanol–water partition coefficient (Wildman–Crippen LogP) is 1.93. The lowest BCUT2D eigenvalue weighted by atomic mass is 10.3. The SMILES string of the molecule is c1csc(-c2cn3c4ccccc4n(CC[NH+]4CCOCC4)c3n2)c1. The first-order valence-corrected chi connectivity index (χ1v) is 9.69. The molecule has 6 heteroatoms. The molecule has 128 valence electrons. The molecular formula is C19H21N4OS+. The van der Waals surface area contributed by atoms with Crippen molar-refractivity contribution in [3.63, 3.8) is 0 Å². The molecule has 0 radical (unpaired) electrons. The van der Waals surface area contributed by atoms with Crippen LogP contribution in [0.3, 0.4) is 0 Å². The van der Waals surface area contributed by atoms with Gasteiger partial charge in [0.1, 0.15) is 18.8 Å². The first kappa shape index (κ1) is 15.1. The van der Waals surface area contributed by atoms with Gasteiger partial charge < -0.3 is 14.2 Å². The monoisotopic (exact) mass is 353 g/mol. The molecule has 4 aromatic rings. The summed E-state index contributed by atoms with van der Waals surface area (Å²) in [7, 11) is 0. The summed E-state index contributed by atoms with van der Waals surface area (Å²) in [5.74, 6) is 1.04. The van der Waals surface area contributed by atoms with Crippen molar-refractivity contribution in [3.05, 3.63) is 48.0 Å². The fourth-order valence-electron chi connectivity index (χ4n) is 3.69. The summed E-state index contributed by atoms with van der Waals surface area (Å²) >= 11 is 1.74. The largest absolute Gasteiger partial charge is 0.370 e. The van der Waals surface area contributed by atoms with Gasteiger partial charge in [0.15, 0.2) is 0 Å². The van der Waals surface area contributed by atoms with Crippen LogP contribution in [0, 0.1) is 0 Å². The van der Waals surface area contributed by atoms with Crippen LogP contribution in [0.15, 0.2) is 48.0 Å². The molecule has 0 unspecified atom stereocenters. The summed E-state index contributed by atoms with van der Waals surface area (Å²) in [6.07, 6.45) is 2.17. The standard InChI is InChI=1S/C19H20N4OS/c1-2-5-17-16(4-1)22(8-7-21-9-11-24-12-10-21)19-20-15(14-23(17)19)18-6-3-13-25-18/h1-6,13-14H,7-12H2/p+1. The maximum Gasteiger partial charge on any atom is 0.215 e. The number of ether oxygens (including phenoxy) is 1. The molecule has 1 fully saturated rings. The molecule has 5 rings (SSSR count). The van der Waals surface area contributed by atoms with E-state index in [2.05, 4.69) is 56.9 Å². The molecule has 3 aromatic heterocycles. The molecule has 1 aliphatic heterocycles. The van der Waals surface area contributed by atoms with Gasteiger partial charge >= 0.3 is 0 Å². The van der Waals surface area contributed by atoms with E-state index in [-0.39, 0.29) is 0 Å². The van der Waals surface area contributed by atoms with Gasteiger partial charge in [-0.2, -0.15) is 0 Å². The Bertz CT molecular complexity index is 995. The van der Waals surface area contributed by atoms with E-state index in [4.69, 9.17) is 9.72 Å². The summed E-state index contributed by atoms with van der Waals surface area (Å²) in [6, 6.07) is 12.8. The van der Waals surface area contributed by atoms with Gasteiger partial charge in [0.2, 0.25) is 5.78 Å². The molecule has 0 atom stereocenters. The molecule has 0 bridgehead atoms. The molecule has 4 heterocycles. The third-order valence-corrected chi connectivity index (χ3v) is 5.92. The average molecular weight is 353 g/mol. The van der Waals surface area contributed by atoms with E-state index < -0.39 is 0 Å². The van der Waals surface area contributed by atoms with Crippen molar-refractivity contribution >= 4 is 28.1 Å². The molecule has 1 aliphatic rings. The third-order valence-electron chi connectivity index (χ3n) is 5.02. The zero-order chi connectivity index (χ0) is 16.6. The molecular weight excluding hydrogens is 332 g/mol. The number of rotatable bonds is 4. The lowest BCUT2D eigenvalue weighted by Gasteiger charge is -2.23. The number of thiophene rings is 1. The summed E-state index contributed by atoms with van der Waals surface area (Å²) in [5.41, 5.74) is 3.54. The molecule has 0 aliphatic carbocycles. The Kier molecular flexibility index (Phi) is 3.81. The minimum absolute atomic E-state index is 0.878. The lowest BCUT2D eigenvalue weighted by Crippen LogP contribution is -3.14.